The first kappa shape index (κ1) is 12.0. The third-order valence-electron chi connectivity index (χ3n) is 3.02. The Morgan fingerprint density at radius 1 is 1.56 bits per heavy atom. The van der Waals surface area contributed by atoms with Crippen LogP contribution in [-0.2, 0) is 6.54 Å². The lowest BCUT2D eigenvalue weighted by atomic mass is 10.1. The minimum Gasteiger partial charge on any atom is -0.314 e. The van der Waals surface area contributed by atoms with Crippen LogP contribution in [0.5, 0.6) is 0 Å². The lowest BCUT2D eigenvalue weighted by molar-refractivity contribution is 0.165. The van der Waals surface area contributed by atoms with Gasteiger partial charge in [-0.3, -0.25) is 4.90 Å². The molecule has 2 nitrogen and oxygen atoms in total. The highest BCUT2D eigenvalue weighted by atomic mass is 79.9. The van der Waals surface area contributed by atoms with E-state index in [9.17, 15) is 4.39 Å². The second-order valence-corrected chi connectivity index (χ2v) is 5.11. The summed E-state index contributed by atoms with van der Waals surface area (Å²) in [5.41, 5.74) is 1.02. The van der Waals surface area contributed by atoms with Gasteiger partial charge < -0.3 is 5.32 Å². The van der Waals surface area contributed by atoms with Gasteiger partial charge in [-0.25, -0.2) is 4.39 Å². The van der Waals surface area contributed by atoms with Gasteiger partial charge in [-0.05, 0) is 30.7 Å². The molecule has 1 N–H and O–H groups in total. The van der Waals surface area contributed by atoms with E-state index in [1.165, 1.54) is 6.07 Å². The average molecular weight is 287 g/mol. The Morgan fingerprint density at radius 2 is 2.38 bits per heavy atom. The molecule has 1 fully saturated rings. The summed E-state index contributed by atoms with van der Waals surface area (Å²) in [5.74, 6) is -0.166. The summed E-state index contributed by atoms with van der Waals surface area (Å²) in [6.45, 7) is 6.04. The fraction of sp³-hybridized carbons (Fsp3) is 0.500. The molecule has 0 amide bonds. The topological polar surface area (TPSA) is 15.3 Å². The molecule has 88 valence electrons. The van der Waals surface area contributed by atoms with Gasteiger partial charge in [0.25, 0.3) is 0 Å². The van der Waals surface area contributed by atoms with Gasteiger partial charge in [0, 0.05) is 36.7 Å². The van der Waals surface area contributed by atoms with Gasteiger partial charge in [0.15, 0.2) is 0 Å². The van der Waals surface area contributed by atoms with Crippen LogP contribution < -0.4 is 5.32 Å². The number of hydrogen-bond donors (Lipinski definition) is 1. The van der Waals surface area contributed by atoms with E-state index in [-0.39, 0.29) is 5.82 Å². The lowest BCUT2D eigenvalue weighted by Crippen LogP contribution is -2.49. The van der Waals surface area contributed by atoms with E-state index in [2.05, 4.69) is 33.1 Å². The normalized spacial score (nSPS) is 22.3. The molecule has 2 rings (SSSR count). The summed E-state index contributed by atoms with van der Waals surface area (Å²) in [6, 6.07) is 5.37. The van der Waals surface area contributed by atoms with Crippen molar-refractivity contribution in [3.63, 3.8) is 0 Å². The Balaban J connectivity index is 2.10. The third kappa shape index (κ3) is 2.81. The van der Waals surface area contributed by atoms with Crippen LogP contribution in [-0.4, -0.2) is 30.6 Å². The quantitative estimate of drug-likeness (QED) is 0.898. The average Bonchev–Trinajstić information content (AvgIpc) is 2.27. The molecule has 0 aromatic heterocycles. The Labute approximate surface area is 104 Å². The van der Waals surface area contributed by atoms with E-state index in [0.717, 1.165) is 36.2 Å². The van der Waals surface area contributed by atoms with E-state index in [4.69, 9.17) is 0 Å². The molecule has 1 aliphatic heterocycles. The number of rotatable bonds is 2. The smallest absolute Gasteiger partial charge is 0.123 e. The Bertz CT molecular complexity index is 370. The van der Waals surface area contributed by atoms with Gasteiger partial charge in [0.1, 0.15) is 5.82 Å². The summed E-state index contributed by atoms with van der Waals surface area (Å²) in [7, 11) is 0. The first-order chi connectivity index (χ1) is 7.66. The van der Waals surface area contributed by atoms with Gasteiger partial charge in [-0.1, -0.05) is 15.9 Å². The second kappa shape index (κ2) is 5.25. The Hall–Kier alpha value is -0.450. The monoisotopic (exact) mass is 286 g/mol. The molecule has 16 heavy (non-hydrogen) atoms. The number of benzene rings is 1. The first-order valence-corrected chi connectivity index (χ1v) is 6.35. The van der Waals surface area contributed by atoms with Crippen molar-refractivity contribution < 1.29 is 4.39 Å². The number of halogens is 2. The molecule has 0 aliphatic carbocycles. The second-order valence-electron chi connectivity index (χ2n) is 4.26. The van der Waals surface area contributed by atoms with E-state index in [1.807, 2.05) is 0 Å². The van der Waals surface area contributed by atoms with Crippen molar-refractivity contribution in [2.75, 3.05) is 19.6 Å². The molecule has 1 heterocycles. The van der Waals surface area contributed by atoms with Gasteiger partial charge in [-0.2, -0.15) is 0 Å². The molecule has 1 atom stereocenters. The van der Waals surface area contributed by atoms with Gasteiger partial charge in [0.2, 0.25) is 0 Å². The van der Waals surface area contributed by atoms with Gasteiger partial charge in [-0.15, -0.1) is 0 Å². The van der Waals surface area contributed by atoms with Crippen molar-refractivity contribution in [3.05, 3.63) is 34.1 Å². The predicted molar refractivity (Wildman–Crippen MR) is 66.8 cm³/mol. The number of piperazine rings is 1. The van der Waals surface area contributed by atoms with Crippen LogP contribution >= 0.6 is 15.9 Å². The summed E-state index contributed by atoms with van der Waals surface area (Å²) >= 11 is 3.47. The van der Waals surface area contributed by atoms with Crippen molar-refractivity contribution in [3.8, 4) is 0 Å². The zero-order valence-electron chi connectivity index (χ0n) is 9.34. The minimum atomic E-state index is -0.166. The highest BCUT2D eigenvalue weighted by molar-refractivity contribution is 9.10. The van der Waals surface area contributed by atoms with Crippen molar-refractivity contribution in [1.82, 2.24) is 10.2 Å². The third-order valence-corrected chi connectivity index (χ3v) is 3.79. The standard InChI is InChI=1S/C12H16BrFN2/c1-9-7-15-4-5-16(9)8-10-6-11(14)2-3-12(10)13/h2-3,6,9,15H,4-5,7-8H2,1H3. The molecule has 1 saturated heterocycles. The highest BCUT2D eigenvalue weighted by Gasteiger charge is 2.18. The molecule has 1 aromatic rings. The van der Waals surface area contributed by atoms with E-state index < -0.39 is 0 Å². The molecular weight excluding hydrogens is 271 g/mol. The Kier molecular flexibility index (Phi) is 3.95. The maximum Gasteiger partial charge on any atom is 0.123 e. The minimum absolute atomic E-state index is 0.166. The largest absolute Gasteiger partial charge is 0.314 e. The van der Waals surface area contributed by atoms with E-state index in [0.29, 0.717) is 6.04 Å². The van der Waals surface area contributed by atoms with Crippen molar-refractivity contribution in [1.29, 1.82) is 0 Å². The van der Waals surface area contributed by atoms with E-state index in [1.54, 1.807) is 12.1 Å². The SMILES string of the molecule is CC1CNCCN1Cc1cc(F)ccc1Br. The van der Waals surface area contributed by atoms with Crippen LogP contribution in [0.2, 0.25) is 0 Å². The molecule has 0 radical (unpaired) electrons. The molecule has 0 spiro atoms. The summed E-state index contributed by atoms with van der Waals surface area (Å²) in [6.07, 6.45) is 0. The maximum absolute atomic E-state index is 13.1. The molecule has 4 heteroatoms. The molecule has 1 aliphatic rings. The van der Waals surface area contributed by atoms with E-state index >= 15 is 0 Å². The Morgan fingerprint density at radius 3 is 3.12 bits per heavy atom. The zero-order valence-corrected chi connectivity index (χ0v) is 10.9. The number of nitrogens with one attached hydrogen (secondary N) is 1. The summed E-state index contributed by atoms with van der Waals surface area (Å²) in [4.78, 5) is 2.37. The fourth-order valence-corrected chi connectivity index (χ4v) is 2.37. The van der Waals surface area contributed by atoms with Crippen LogP contribution in [0.25, 0.3) is 0 Å². The number of hydrogen-bond acceptors (Lipinski definition) is 2. The van der Waals surface area contributed by atoms with Crippen LogP contribution in [0.4, 0.5) is 4.39 Å². The highest BCUT2D eigenvalue weighted by Crippen LogP contribution is 2.20. The van der Waals surface area contributed by atoms with Gasteiger partial charge in [0.05, 0.1) is 0 Å². The zero-order chi connectivity index (χ0) is 11.5. The van der Waals surface area contributed by atoms with Crippen LogP contribution in [0.15, 0.2) is 22.7 Å². The van der Waals surface area contributed by atoms with Crippen LogP contribution in [0.1, 0.15) is 12.5 Å². The van der Waals surface area contributed by atoms with Crippen LogP contribution in [0.3, 0.4) is 0 Å². The number of nitrogens with zero attached hydrogens (tertiary/aromatic N) is 1. The van der Waals surface area contributed by atoms with Crippen LogP contribution in [0, 0.1) is 5.82 Å². The molecule has 1 unspecified atom stereocenters. The molecule has 0 bridgehead atoms. The van der Waals surface area contributed by atoms with Crippen molar-refractivity contribution >= 4 is 15.9 Å². The summed E-state index contributed by atoms with van der Waals surface area (Å²) < 4.78 is 14.1. The van der Waals surface area contributed by atoms with Crippen molar-refractivity contribution in [2.45, 2.75) is 19.5 Å². The molecular formula is C12H16BrFN2. The summed E-state index contributed by atoms with van der Waals surface area (Å²) in [5, 5.41) is 3.35. The molecule has 0 saturated carbocycles. The fourth-order valence-electron chi connectivity index (χ4n) is 2.00. The van der Waals surface area contributed by atoms with Crippen molar-refractivity contribution in [2.24, 2.45) is 0 Å². The lowest BCUT2D eigenvalue weighted by Gasteiger charge is -2.34. The predicted octanol–water partition coefficient (Wildman–Crippen LogP) is 2.38. The van der Waals surface area contributed by atoms with Gasteiger partial charge >= 0.3 is 0 Å². The first-order valence-electron chi connectivity index (χ1n) is 5.55. The molecule has 1 aromatic carbocycles. The maximum atomic E-state index is 13.1.